The average Bonchev–Trinajstić information content (AvgIpc) is 1.99. The number of nitrogens with zero attached hydrogens (tertiary/aromatic N) is 1. The molecule has 1 heterocycles. The summed E-state index contributed by atoms with van der Waals surface area (Å²) >= 11 is 0. The van der Waals surface area contributed by atoms with Crippen molar-refractivity contribution in [1.29, 1.82) is 0 Å². The van der Waals surface area contributed by atoms with E-state index in [2.05, 4.69) is 5.32 Å². The standard InChI is InChI=1S/C8H13N3O4/c1-4(7(13)14)10-8(15)11-3-2-5(11)6(9)12/h4-5H,2-3H2,1H3,(H2,9,12)(H,10,15)(H,13,14)/t4-,5?/m1/s1. The Morgan fingerprint density at radius 1 is 1.53 bits per heavy atom. The van der Waals surface area contributed by atoms with E-state index in [4.69, 9.17) is 10.8 Å². The molecule has 0 aromatic heterocycles. The molecule has 15 heavy (non-hydrogen) atoms. The van der Waals surface area contributed by atoms with Gasteiger partial charge in [0.25, 0.3) is 0 Å². The van der Waals surface area contributed by atoms with Crippen LogP contribution in [0.2, 0.25) is 0 Å². The van der Waals surface area contributed by atoms with Crippen molar-refractivity contribution < 1.29 is 19.5 Å². The summed E-state index contributed by atoms with van der Waals surface area (Å²) in [5, 5.41) is 10.8. The molecule has 0 saturated carbocycles. The largest absolute Gasteiger partial charge is 0.480 e. The molecule has 1 unspecified atom stereocenters. The van der Waals surface area contributed by atoms with Gasteiger partial charge in [0.2, 0.25) is 5.91 Å². The first-order chi connectivity index (χ1) is 6.93. The third kappa shape index (κ3) is 2.36. The molecule has 0 spiro atoms. The second-order valence-electron chi connectivity index (χ2n) is 3.41. The van der Waals surface area contributed by atoms with E-state index in [-0.39, 0.29) is 0 Å². The van der Waals surface area contributed by atoms with Crippen molar-refractivity contribution in [3.63, 3.8) is 0 Å². The highest BCUT2D eigenvalue weighted by Crippen LogP contribution is 2.16. The van der Waals surface area contributed by atoms with Gasteiger partial charge in [-0.05, 0) is 13.3 Å². The Kier molecular flexibility index (Phi) is 3.13. The molecule has 1 aliphatic heterocycles. The number of primary amides is 1. The number of carboxylic acids is 1. The fourth-order valence-electron chi connectivity index (χ4n) is 1.26. The molecule has 0 aromatic rings. The lowest BCUT2D eigenvalue weighted by molar-refractivity contribution is -0.138. The first kappa shape index (κ1) is 11.3. The van der Waals surface area contributed by atoms with E-state index in [9.17, 15) is 14.4 Å². The first-order valence-electron chi connectivity index (χ1n) is 4.52. The number of rotatable bonds is 3. The van der Waals surface area contributed by atoms with E-state index >= 15 is 0 Å². The molecule has 0 radical (unpaired) electrons. The smallest absolute Gasteiger partial charge is 0.325 e. The van der Waals surface area contributed by atoms with Gasteiger partial charge in [-0.3, -0.25) is 9.59 Å². The third-order valence-corrected chi connectivity index (χ3v) is 2.32. The van der Waals surface area contributed by atoms with Crippen LogP contribution in [0.4, 0.5) is 4.79 Å². The maximum atomic E-state index is 11.4. The van der Waals surface area contributed by atoms with Crippen molar-refractivity contribution in [3.8, 4) is 0 Å². The van der Waals surface area contributed by atoms with Crippen LogP contribution in [0.5, 0.6) is 0 Å². The molecule has 1 saturated heterocycles. The number of nitrogens with two attached hydrogens (primary N) is 1. The Hall–Kier alpha value is -1.79. The number of amides is 3. The maximum absolute atomic E-state index is 11.4. The van der Waals surface area contributed by atoms with Crippen LogP contribution in [0.25, 0.3) is 0 Å². The topological polar surface area (TPSA) is 113 Å². The molecule has 1 rings (SSSR count). The number of hydrogen-bond acceptors (Lipinski definition) is 3. The lowest BCUT2D eigenvalue weighted by Crippen LogP contribution is -2.61. The zero-order valence-electron chi connectivity index (χ0n) is 8.27. The van der Waals surface area contributed by atoms with E-state index in [1.165, 1.54) is 11.8 Å². The molecule has 1 aliphatic rings. The summed E-state index contributed by atoms with van der Waals surface area (Å²) in [6, 6.07) is -2.16. The molecule has 7 heteroatoms. The minimum absolute atomic E-state index is 0.422. The predicted molar refractivity (Wildman–Crippen MR) is 49.9 cm³/mol. The summed E-state index contributed by atoms with van der Waals surface area (Å²) in [6.45, 7) is 1.77. The van der Waals surface area contributed by atoms with Crippen LogP contribution >= 0.6 is 0 Å². The summed E-state index contributed by atoms with van der Waals surface area (Å²) < 4.78 is 0. The molecule has 0 aromatic carbocycles. The molecule has 2 atom stereocenters. The number of urea groups is 1. The van der Waals surface area contributed by atoms with Crippen LogP contribution < -0.4 is 11.1 Å². The zero-order chi connectivity index (χ0) is 11.6. The van der Waals surface area contributed by atoms with Crippen LogP contribution in [0, 0.1) is 0 Å². The molecular formula is C8H13N3O4. The number of likely N-dealkylation sites (tertiary alicyclic amines) is 1. The first-order valence-corrected chi connectivity index (χ1v) is 4.52. The van der Waals surface area contributed by atoms with Crippen molar-refractivity contribution in [3.05, 3.63) is 0 Å². The van der Waals surface area contributed by atoms with Gasteiger partial charge < -0.3 is 21.1 Å². The number of hydrogen-bond donors (Lipinski definition) is 3. The summed E-state index contributed by atoms with van der Waals surface area (Å²) in [5.41, 5.74) is 5.04. The van der Waals surface area contributed by atoms with Crippen molar-refractivity contribution >= 4 is 17.9 Å². The second kappa shape index (κ2) is 4.16. The lowest BCUT2D eigenvalue weighted by Gasteiger charge is -2.38. The van der Waals surface area contributed by atoms with Gasteiger partial charge in [-0.2, -0.15) is 0 Å². The lowest BCUT2D eigenvalue weighted by atomic mass is 10.0. The monoisotopic (exact) mass is 215 g/mol. The Balaban J connectivity index is 2.48. The summed E-state index contributed by atoms with van der Waals surface area (Å²) in [7, 11) is 0. The minimum Gasteiger partial charge on any atom is -0.480 e. The maximum Gasteiger partial charge on any atom is 0.325 e. The fraction of sp³-hybridized carbons (Fsp3) is 0.625. The molecule has 7 nitrogen and oxygen atoms in total. The van der Waals surface area contributed by atoms with Gasteiger partial charge in [-0.1, -0.05) is 0 Å². The fourth-order valence-corrected chi connectivity index (χ4v) is 1.26. The molecule has 4 N–H and O–H groups in total. The molecular weight excluding hydrogens is 202 g/mol. The Morgan fingerprint density at radius 3 is 2.47 bits per heavy atom. The van der Waals surface area contributed by atoms with Gasteiger partial charge in [0.1, 0.15) is 12.1 Å². The highest BCUT2D eigenvalue weighted by atomic mass is 16.4. The Morgan fingerprint density at radius 2 is 2.13 bits per heavy atom. The number of carbonyl (C=O) groups is 3. The molecule has 0 bridgehead atoms. The average molecular weight is 215 g/mol. The minimum atomic E-state index is -1.13. The Bertz CT molecular complexity index is 304. The Labute approximate surface area is 86.2 Å². The van der Waals surface area contributed by atoms with Gasteiger partial charge >= 0.3 is 12.0 Å². The van der Waals surface area contributed by atoms with Gasteiger partial charge in [-0.25, -0.2) is 4.79 Å². The normalized spacial score (nSPS) is 21.4. The summed E-state index contributed by atoms with van der Waals surface area (Å²) in [4.78, 5) is 33.9. The van der Waals surface area contributed by atoms with Gasteiger partial charge in [0.15, 0.2) is 0 Å². The molecule has 1 fully saturated rings. The van der Waals surface area contributed by atoms with Crippen LogP contribution in [0.3, 0.4) is 0 Å². The van der Waals surface area contributed by atoms with E-state index in [0.717, 1.165) is 0 Å². The zero-order valence-corrected chi connectivity index (χ0v) is 8.27. The third-order valence-electron chi connectivity index (χ3n) is 2.32. The van der Waals surface area contributed by atoms with Gasteiger partial charge in [-0.15, -0.1) is 0 Å². The van der Waals surface area contributed by atoms with E-state index < -0.39 is 30.0 Å². The quantitative estimate of drug-likeness (QED) is 0.544. The van der Waals surface area contributed by atoms with Gasteiger partial charge in [0.05, 0.1) is 0 Å². The number of carboxylic acid groups (broad SMARTS) is 1. The molecule has 3 amide bonds. The van der Waals surface area contributed by atoms with E-state index in [0.29, 0.717) is 13.0 Å². The van der Waals surface area contributed by atoms with Crippen LogP contribution in [0.1, 0.15) is 13.3 Å². The predicted octanol–water partition coefficient (Wildman–Crippen LogP) is -1.27. The van der Waals surface area contributed by atoms with Gasteiger partial charge in [0, 0.05) is 6.54 Å². The highest BCUT2D eigenvalue weighted by Gasteiger charge is 2.36. The molecule has 84 valence electrons. The number of aliphatic carboxylic acids is 1. The summed E-state index contributed by atoms with van der Waals surface area (Å²) in [5.74, 6) is -1.70. The summed E-state index contributed by atoms with van der Waals surface area (Å²) in [6.07, 6.45) is 0.532. The van der Waals surface area contributed by atoms with Crippen molar-refractivity contribution in [1.82, 2.24) is 10.2 Å². The SMILES string of the molecule is C[C@@H](NC(=O)N1CCC1C(N)=O)C(=O)O. The number of nitrogens with one attached hydrogen (secondary N) is 1. The van der Waals surface area contributed by atoms with Crippen molar-refractivity contribution in [2.45, 2.75) is 25.4 Å². The highest BCUT2D eigenvalue weighted by molar-refractivity contribution is 5.89. The number of carbonyl (C=O) groups excluding carboxylic acids is 2. The van der Waals surface area contributed by atoms with Crippen molar-refractivity contribution in [2.24, 2.45) is 5.73 Å². The van der Waals surface area contributed by atoms with Crippen LogP contribution in [-0.4, -0.2) is 46.5 Å². The molecule has 0 aliphatic carbocycles. The van der Waals surface area contributed by atoms with Crippen LogP contribution in [0.15, 0.2) is 0 Å². The second-order valence-corrected chi connectivity index (χ2v) is 3.41. The van der Waals surface area contributed by atoms with Crippen molar-refractivity contribution in [2.75, 3.05) is 6.54 Å². The van der Waals surface area contributed by atoms with E-state index in [1.54, 1.807) is 0 Å². The van der Waals surface area contributed by atoms with Crippen LogP contribution in [-0.2, 0) is 9.59 Å². The van der Waals surface area contributed by atoms with E-state index in [1.807, 2.05) is 0 Å².